The Balaban J connectivity index is 2.01. The first kappa shape index (κ1) is 10.8. The van der Waals surface area contributed by atoms with Crippen LogP contribution in [-0.2, 0) is 10.2 Å². The van der Waals surface area contributed by atoms with Crippen molar-refractivity contribution in [3.63, 3.8) is 0 Å². The molecule has 0 radical (unpaired) electrons. The fourth-order valence-corrected chi connectivity index (χ4v) is 3.84. The van der Waals surface area contributed by atoms with E-state index in [2.05, 4.69) is 30.6 Å². The van der Waals surface area contributed by atoms with Crippen molar-refractivity contribution in [1.82, 2.24) is 5.32 Å². The molecule has 1 aromatic rings. The standard InChI is InChI=1S/C13H19NOS/c1-12(2,14-3)11-10-9(4-7-16-10)13(5-6-13)8-15-11/h4,7,11,14H,5-6,8H2,1-3H3/t11-/m1/s1. The van der Waals surface area contributed by atoms with Crippen LogP contribution in [0.5, 0.6) is 0 Å². The average Bonchev–Trinajstić information content (AvgIpc) is 2.86. The Labute approximate surface area is 101 Å². The van der Waals surface area contributed by atoms with Crippen molar-refractivity contribution in [3.05, 3.63) is 21.9 Å². The molecular formula is C13H19NOS. The second-order valence-electron chi connectivity index (χ2n) is 5.64. The summed E-state index contributed by atoms with van der Waals surface area (Å²) in [7, 11) is 2.01. The smallest absolute Gasteiger partial charge is 0.109 e. The van der Waals surface area contributed by atoms with Crippen LogP contribution in [0.3, 0.4) is 0 Å². The summed E-state index contributed by atoms with van der Waals surface area (Å²) in [4.78, 5) is 1.45. The van der Waals surface area contributed by atoms with Gasteiger partial charge in [-0.15, -0.1) is 11.3 Å². The van der Waals surface area contributed by atoms with Crippen LogP contribution < -0.4 is 5.32 Å². The number of nitrogens with one attached hydrogen (secondary N) is 1. The van der Waals surface area contributed by atoms with Gasteiger partial charge in [-0.3, -0.25) is 0 Å². The Morgan fingerprint density at radius 2 is 2.25 bits per heavy atom. The molecule has 2 heterocycles. The molecule has 2 aliphatic rings. The monoisotopic (exact) mass is 237 g/mol. The molecule has 1 atom stereocenters. The molecule has 16 heavy (non-hydrogen) atoms. The Hall–Kier alpha value is -0.380. The Kier molecular flexibility index (Phi) is 2.23. The molecule has 1 aliphatic carbocycles. The Bertz CT molecular complexity index is 406. The SMILES string of the molecule is CNC(C)(C)[C@@H]1OCC2(CC2)c2ccsc21. The second-order valence-corrected chi connectivity index (χ2v) is 6.59. The third kappa shape index (κ3) is 1.38. The maximum absolute atomic E-state index is 6.14. The summed E-state index contributed by atoms with van der Waals surface area (Å²) in [6.45, 7) is 5.34. The molecule has 0 saturated heterocycles. The molecule has 1 saturated carbocycles. The number of rotatable bonds is 2. The molecule has 3 heteroatoms. The van der Waals surface area contributed by atoms with Gasteiger partial charge in [0.2, 0.25) is 0 Å². The third-order valence-corrected chi connectivity index (χ3v) is 5.14. The molecule has 1 fully saturated rings. The van der Waals surface area contributed by atoms with E-state index in [0.717, 1.165) is 6.61 Å². The minimum absolute atomic E-state index is 0.0100. The summed E-state index contributed by atoms with van der Waals surface area (Å²) in [6, 6.07) is 2.31. The topological polar surface area (TPSA) is 21.3 Å². The number of ether oxygens (including phenoxy) is 1. The highest BCUT2D eigenvalue weighted by molar-refractivity contribution is 7.10. The molecule has 0 amide bonds. The molecule has 1 aliphatic heterocycles. The lowest BCUT2D eigenvalue weighted by Crippen LogP contribution is -2.46. The van der Waals surface area contributed by atoms with E-state index in [4.69, 9.17) is 4.74 Å². The quantitative estimate of drug-likeness (QED) is 0.854. The fraction of sp³-hybridized carbons (Fsp3) is 0.692. The van der Waals surface area contributed by atoms with Crippen LogP contribution >= 0.6 is 11.3 Å². The third-order valence-electron chi connectivity index (χ3n) is 4.18. The minimum Gasteiger partial charge on any atom is -0.370 e. The average molecular weight is 237 g/mol. The summed E-state index contributed by atoms with van der Waals surface area (Å²) < 4.78 is 6.14. The van der Waals surface area contributed by atoms with Gasteiger partial charge < -0.3 is 10.1 Å². The largest absolute Gasteiger partial charge is 0.370 e. The molecule has 3 rings (SSSR count). The van der Waals surface area contributed by atoms with Gasteiger partial charge in [-0.05, 0) is 50.7 Å². The van der Waals surface area contributed by atoms with Crippen molar-refractivity contribution < 1.29 is 4.74 Å². The summed E-state index contributed by atoms with van der Waals surface area (Å²) >= 11 is 1.85. The molecule has 88 valence electrons. The Morgan fingerprint density at radius 1 is 1.50 bits per heavy atom. The maximum atomic E-state index is 6.14. The van der Waals surface area contributed by atoms with Crippen LogP contribution in [0.4, 0.5) is 0 Å². The normalized spacial score (nSPS) is 26.8. The number of hydrogen-bond acceptors (Lipinski definition) is 3. The van der Waals surface area contributed by atoms with E-state index in [1.165, 1.54) is 17.7 Å². The van der Waals surface area contributed by atoms with Crippen LogP contribution in [0, 0.1) is 0 Å². The first-order valence-corrected chi connectivity index (χ1v) is 6.85. The lowest BCUT2D eigenvalue weighted by Gasteiger charge is -2.39. The van der Waals surface area contributed by atoms with Crippen molar-refractivity contribution in [2.24, 2.45) is 0 Å². The summed E-state index contributed by atoms with van der Waals surface area (Å²) in [5, 5.41) is 5.59. The van der Waals surface area contributed by atoms with Crippen LogP contribution in [0.1, 0.15) is 43.2 Å². The van der Waals surface area contributed by atoms with Gasteiger partial charge >= 0.3 is 0 Å². The van der Waals surface area contributed by atoms with Gasteiger partial charge in [0.15, 0.2) is 0 Å². The van der Waals surface area contributed by atoms with Crippen LogP contribution in [0.2, 0.25) is 0 Å². The fourth-order valence-electron chi connectivity index (χ4n) is 2.59. The summed E-state index contributed by atoms with van der Waals surface area (Å²) in [6.07, 6.45) is 2.83. The number of likely N-dealkylation sites (N-methyl/N-ethyl adjacent to an activating group) is 1. The molecule has 1 N–H and O–H groups in total. The molecule has 2 nitrogen and oxygen atoms in total. The first-order chi connectivity index (χ1) is 7.59. The van der Waals surface area contributed by atoms with Gasteiger partial charge in [-0.1, -0.05) is 0 Å². The molecule has 0 unspecified atom stereocenters. The number of thiophene rings is 1. The zero-order valence-corrected chi connectivity index (χ0v) is 11.0. The van der Waals surface area contributed by atoms with E-state index < -0.39 is 0 Å². The number of hydrogen-bond donors (Lipinski definition) is 1. The van der Waals surface area contributed by atoms with Crippen LogP contribution in [0.15, 0.2) is 11.4 Å². The van der Waals surface area contributed by atoms with Crippen LogP contribution in [-0.4, -0.2) is 19.2 Å². The minimum atomic E-state index is 0.0100. The van der Waals surface area contributed by atoms with Gasteiger partial charge in [0.1, 0.15) is 6.10 Å². The van der Waals surface area contributed by atoms with Gasteiger partial charge in [0.05, 0.1) is 6.61 Å². The van der Waals surface area contributed by atoms with Gasteiger partial charge in [0.25, 0.3) is 0 Å². The molecule has 0 bridgehead atoms. The zero-order valence-electron chi connectivity index (χ0n) is 10.2. The maximum Gasteiger partial charge on any atom is 0.109 e. The Morgan fingerprint density at radius 3 is 2.88 bits per heavy atom. The van der Waals surface area contributed by atoms with E-state index >= 15 is 0 Å². The molecule has 1 spiro atoms. The first-order valence-electron chi connectivity index (χ1n) is 5.97. The van der Waals surface area contributed by atoms with E-state index in [-0.39, 0.29) is 11.6 Å². The van der Waals surface area contributed by atoms with E-state index in [1.54, 1.807) is 5.56 Å². The predicted molar refractivity (Wildman–Crippen MR) is 67.1 cm³/mol. The van der Waals surface area contributed by atoms with Crippen LogP contribution in [0.25, 0.3) is 0 Å². The predicted octanol–water partition coefficient (Wildman–Crippen LogP) is 2.85. The second kappa shape index (κ2) is 3.31. The highest BCUT2D eigenvalue weighted by Crippen LogP contribution is 2.56. The van der Waals surface area contributed by atoms with Gasteiger partial charge in [-0.2, -0.15) is 0 Å². The highest BCUT2D eigenvalue weighted by Gasteiger charge is 2.52. The van der Waals surface area contributed by atoms with E-state index in [1.807, 2.05) is 18.4 Å². The van der Waals surface area contributed by atoms with Crippen molar-refractivity contribution >= 4 is 11.3 Å². The number of fused-ring (bicyclic) bond motifs is 2. The molecule has 1 aromatic heterocycles. The zero-order chi connectivity index (χ0) is 11.4. The molecular weight excluding hydrogens is 218 g/mol. The summed E-state index contributed by atoms with van der Waals surface area (Å²) in [5.41, 5.74) is 1.98. The van der Waals surface area contributed by atoms with Crippen molar-refractivity contribution in [2.75, 3.05) is 13.7 Å². The van der Waals surface area contributed by atoms with E-state index in [9.17, 15) is 0 Å². The lowest BCUT2D eigenvalue weighted by atomic mass is 9.86. The lowest BCUT2D eigenvalue weighted by molar-refractivity contribution is -0.0241. The van der Waals surface area contributed by atoms with E-state index in [0.29, 0.717) is 5.41 Å². The van der Waals surface area contributed by atoms with Crippen molar-refractivity contribution in [1.29, 1.82) is 0 Å². The molecule has 0 aromatic carbocycles. The summed E-state index contributed by atoms with van der Waals surface area (Å²) in [5.74, 6) is 0. The van der Waals surface area contributed by atoms with Crippen molar-refractivity contribution in [2.45, 2.75) is 43.7 Å². The van der Waals surface area contributed by atoms with Crippen molar-refractivity contribution in [3.8, 4) is 0 Å². The highest BCUT2D eigenvalue weighted by atomic mass is 32.1. The van der Waals surface area contributed by atoms with Gasteiger partial charge in [-0.25, -0.2) is 0 Å². The van der Waals surface area contributed by atoms with Gasteiger partial charge in [0, 0.05) is 15.8 Å².